The van der Waals surface area contributed by atoms with Gasteiger partial charge in [0.05, 0.1) is 12.6 Å². The molecule has 18 heavy (non-hydrogen) atoms. The van der Waals surface area contributed by atoms with Crippen LogP contribution in [0.15, 0.2) is 0 Å². The number of carboxylic acid groups (broad SMARTS) is 1. The van der Waals surface area contributed by atoms with Crippen LogP contribution in [-0.2, 0) is 9.53 Å². The molecule has 0 amide bonds. The summed E-state index contributed by atoms with van der Waals surface area (Å²) in [7, 11) is -0.583. The number of hydrogen-bond donors (Lipinski definition) is 5. The first-order chi connectivity index (χ1) is 7.90. The van der Waals surface area contributed by atoms with Gasteiger partial charge in [-0.15, -0.1) is 0 Å². The Hall–Kier alpha value is 0.447. The number of aliphatic hydroxyl groups is 4. The number of hydrogen-bond acceptors (Lipinski definition) is 8. The van der Waals surface area contributed by atoms with Gasteiger partial charge in [-0.2, -0.15) is 0 Å². The van der Waals surface area contributed by atoms with Gasteiger partial charge in [-0.05, 0) is 0 Å². The van der Waals surface area contributed by atoms with Gasteiger partial charge in [0, 0.05) is 0 Å². The Labute approximate surface area is 128 Å². The van der Waals surface area contributed by atoms with Crippen LogP contribution in [0.3, 0.4) is 0 Å². The molecule has 1 fully saturated rings. The van der Waals surface area contributed by atoms with Crippen LogP contribution < -0.4 is 34.7 Å². The fourth-order valence-electron chi connectivity index (χ4n) is 1.30. The average Bonchev–Trinajstić information content (AvgIpc) is 2.27. The van der Waals surface area contributed by atoms with Crippen LogP contribution in [0.1, 0.15) is 0 Å². The molecule has 1 rings (SSSR count). The van der Waals surface area contributed by atoms with Crippen molar-refractivity contribution in [2.24, 2.45) is 0 Å². The van der Waals surface area contributed by atoms with E-state index in [4.69, 9.17) is 15.0 Å². The maximum Gasteiger partial charge on any atom is 1.00 e. The summed E-state index contributed by atoms with van der Waals surface area (Å²) < 4.78 is 4.62. The van der Waals surface area contributed by atoms with Crippen molar-refractivity contribution < 1.29 is 69.4 Å². The summed E-state index contributed by atoms with van der Waals surface area (Å²) in [6.45, 7) is 1.16. The zero-order chi connectivity index (χ0) is 13.6. The van der Waals surface area contributed by atoms with Gasteiger partial charge in [0.1, 0.15) is 30.5 Å². The van der Waals surface area contributed by atoms with E-state index in [0.717, 1.165) is 0 Å². The van der Waals surface area contributed by atoms with Crippen molar-refractivity contribution in [2.45, 2.75) is 37.1 Å². The van der Waals surface area contributed by atoms with Gasteiger partial charge in [-0.3, -0.25) is 0 Å². The van der Waals surface area contributed by atoms with Crippen LogP contribution in [0, 0.1) is 0 Å². The van der Waals surface area contributed by atoms with E-state index in [9.17, 15) is 20.1 Å². The zero-order valence-corrected chi connectivity index (χ0v) is 13.7. The van der Waals surface area contributed by atoms with Gasteiger partial charge in [0.2, 0.25) is 0 Å². The summed E-state index contributed by atoms with van der Waals surface area (Å²) in [5.74, 6) is -1.71. The first-order valence-corrected chi connectivity index (χ1v) is 7.07. The molecule has 1 aliphatic rings. The molecule has 0 saturated carbocycles. The minimum atomic E-state index is -1.77. The molecule has 10 heteroatoms. The van der Waals surface area contributed by atoms with Crippen molar-refractivity contribution in [1.82, 2.24) is 0 Å². The van der Waals surface area contributed by atoms with Gasteiger partial charge in [0.15, 0.2) is 9.76 Å². The quantitative estimate of drug-likeness (QED) is 0.315. The number of carbonyl (C=O) groups excluding carboxylic acids is 1. The molecule has 0 aliphatic carbocycles. The largest absolute Gasteiger partial charge is 1.00 e. The Morgan fingerprint density at radius 2 is 1.72 bits per heavy atom. The second kappa shape index (κ2) is 10.3. The Morgan fingerprint density at radius 1 is 1.28 bits per heavy atom. The molecule has 5 atom stereocenters. The predicted octanol–water partition coefficient (Wildman–Crippen LogP) is -8.31. The Kier molecular flexibility index (Phi) is 11.8. The molecule has 102 valence electrons. The fraction of sp³-hybridized carbons (Fsp3) is 0.875. The van der Waals surface area contributed by atoms with Crippen molar-refractivity contribution in [3.8, 4) is 0 Å². The van der Waals surface area contributed by atoms with Crippen molar-refractivity contribution in [3.05, 3.63) is 0 Å². The molecule has 1 heterocycles. The van der Waals surface area contributed by atoms with E-state index in [1.807, 2.05) is 6.55 Å². The van der Waals surface area contributed by atoms with Crippen LogP contribution in [0.5, 0.6) is 0 Å². The third-order valence-corrected chi connectivity index (χ3v) is 2.12. The second-order valence-corrected chi connectivity index (χ2v) is 4.02. The summed E-state index contributed by atoms with van der Waals surface area (Å²) in [6.07, 6.45) is -7.95. The summed E-state index contributed by atoms with van der Waals surface area (Å²) in [6, 6.07) is 0. The summed E-state index contributed by atoms with van der Waals surface area (Å²) in [5, 5.41) is 46.6. The molecule has 8 nitrogen and oxygen atoms in total. The van der Waals surface area contributed by atoms with Crippen molar-refractivity contribution >= 4 is 15.7 Å². The van der Waals surface area contributed by atoms with Gasteiger partial charge >= 0.3 is 29.6 Å². The molecule has 0 bridgehead atoms. The van der Waals surface area contributed by atoms with E-state index < -0.39 is 52.9 Å². The molecule has 0 aromatic heterocycles. The van der Waals surface area contributed by atoms with E-state index in [0.29, 0.717) is 0 Å². The molecular formula is C8H17NaO8Si. The number of aliphatic carboxylic acids is 1. The molecule has 5 N–H and O–H groups in total. The minimum Gasteiger partial charge on any atom is -0.547 e. The fourth-order valence-corrected chi connectivity index (χ4v) is 1.30. The molecule has 1 saturated heterocycles. The molecule has 1 unspecified atom stereocenters. The molecule has 0 aromatic rings. The first-order valence-electron chi connectivity index (χ1n) is 5.02. The minimum absolute atomic E-state index is 0. The predicted molar refractivity (Wildman–Crippen MR) is 55.4 cm³/mol. The summed E-state index contributed by atoms with van der Waals surface area (Å²) in [5.41, 5.74) is 0. The van der Waals surface area contributed by atoms with Gasteiger partial charge < -0.3 is 39.9 Å². The Morgan fingerprint density at radius 3 is 2.06 bits per heavy atom. The number of carbonyl (C=O) groups is 1. The number of aliphatic hydroxyl groups excluding tert-OH is 4. The van der Waals surface area contributed by atoms with Crippen LogP contribution in [0.4, 0.5) is 0 Å². The maximum atomic E-state index is 10.4. The number of carboxylic acids is 1. The van der Waals surface area contributed by atoms with Crippen LogP contribution >= 0.6 is 0 Å². The molecule has 1 aliphatic heterocycles. The molecule has 0 spiro atoms. The van der Waals surface area contributed by atoms with E-state index in [-0.39, 0.29) is 29.6 Å². The third-order valence-electron chi connectivity index (χ3n) is 2.12. The summed E-state index contributed by atoms with van der Waals surface area (Å²) in [4.78, 5) is 18.1. The third kappa shape index (κ3) is 5.61. The van der Waals surface area contributed by atoms with E-state index in [1.165, 1.54) is 0 Å². The number of rotatable bonds is 2. The summed E-state index contributed by atoms with van der Waals surface area (Å²) >= 11 is 0. The Bertz CT molecular complexity index is 241. The SMILES string of the molecule is C[SiH2]O.O=C([O-])C1O[C@H](CO)[C@@H](O)[C@H](O)[C@@H]1O.[Na+]. The molecule has 0 aromatic carbocycles. The first kappa shape index (κ1) is 20.8. The standard InChI is InChI=1S/C7H12O7.CH6OSi.Na/c8-1-2-3(9)4(10)5(11)6(14-2)7(12)13;1-3-2;/h2-6,8-11H,1H2,(H,12,13);2H,3H2,1H3;/q;;+1/p-1/t2-,3-,4+,5+,6?;;/m1../s1. The van der Waals surface area contributed by atoms with Crippen molar-refractivity contribution in [1.29, 1.82) is 0 Å². The average molecular weight is 292 g/mol. The van der Waals surface area contributed by atoms with Gasteiger partial charge in [-0.1, -0.05) is 6.55 Å². The molecular weight excluding hydrogens is 275 g/mol. The van der Waals surface area contributed by atoms with E-state index in [1.54, 1.807) is 0 Å². The van der Waals surface area contributed by atoms with Crippen molar-refractivity contribution in [2.75, 3.05) is 6.61 Å². The maximum absolute atomic E-state index is 10.4. The van der Waals surface area contributed by atoms with E-state index >= 15 is 0 Å². The Balaban J connectivity index is 0. The van der Waals surface area contributed by atoms with Crippen LogP contribution in [-0.4, -0.2) is 78.1 Å². The van der Waals surface area contributed by atoms with Gasteiger partial charge in [0.25, 0.3) is 0 Å². The topological polar surface area (TPSA) is 151 Å². The molecule has 0 radical (unpaired) electrons. The normalized spacial score (nSPS) is 35.6. The van der Waals surface area contributed by atoms with Crippen molar-refractivity contribution in [3.63, 3.8) is 0 Å². The van der Waals surface area contributed by atoms with E-state index in [2.05, 4.69) is 4.74 Å². The van der Waals surface area contributed by atoms with Gasteiger partial charge in [-0.25, -0.2) is 0 Å². The second-order valence-electron chi connectivity index (χ2n) is 3.38. The smallest absolute Gasteiger partial charge is 0.547 e. The van der Waals surface area contributed by atoms with Crippen LogP contribution in [0.25, 0.3) is 0 Å². The van der Waals surface area contributed by atoms with Crippen LogP contribution in [0.2, 0.25) is 6.55 Å². The number of ether oxygens (including phenoxy) is 1. The zero-order valence-electron chi connectivity index (χ0n) is 10.3. The monoisotopic (exact) mass is 292 g/mol.